The predicted molar refractivity (Wildman–Crippen MR) is 86.2 cm³/mol. The standard InChI is InChI=1S/C17H21N3O/c1-2-3-9-17(21)20-15-10-11-16(19-13-15)18-12-14-7-5-4-6-8-14/h4-8,10-11,13H,2-3,9,12H2,1H3,(H,18,19)(H,20,21). The molecule has 0 radical (unpaired) electrons. The van der Waals surface area contributed by atoms with Crippen molar-refractivity contribution in [1.29, 1.82) is 0 Å². The molecule has 0 atom stereocenters. The van der Waals surface area contributed by atoms with Crippen LogP contribution in [0.4, 0.5) is 11.5 Å². The first-order valence-electron chi connectivity index (χ1n) is 7.31. The molecule has 0 aliphatic heterocycles. The molecular weight excluding hydrogens is 262 g/mol. The van der Waals surface area contributed by atoms with Crippen LogP contribution in [-0.4, -0.2) is 10.9 Å². The van der Waals surface area contributed by atoms with Crippen LogP contribution in [0, 0.1) is 0 Å². The molecule has 0 spiro atoms. The lowest BCUT2D eigenvalue weighted by molar-refractivity contribution is -0.116. The third-order valence-electron chi connectivity index (χ3n) is 3.12. The van der Waals surface area contributed by atoms with Crippen molar-refractivity contribution in [1.82, 2.24) is 4.98 Å². The summed E-state index contributed by atoms with van der Waals surface area (Å²) in [5.41, 5.74) is 1.94. The van der Waals surface area contributed by atoms with E-state index in [9.17, 15) is 4.79 Å². The molecule has 1 aromatic heterocycles. The molecule has 4 nitrogen and oxygen atoms in total. The van der Waals surface area contributed by atoms with Gasteiger partial charge in [0.15, 0.2) is 0 Å². The summed E-state index contributed by atoms with van der Waals surface area (Å²) in [6.45, 7) is 2.80. The Morgan fingerprint density at radius 1 is 1.14 bits per heavy atom. The molecule has 0 fully saturated rings. The zero-order valence-electron chi connectivity index (χ0n) is 12.3. The molecule has 1 aromatic carbocycles. The maximum atomic E-state index is 11.6. The van der Waals surface area contributed by atoms with Crippen LogP contribution in [0.3, 0.4) is 0 Å². The van der Waals surface area contributed by atoms with E-state index in [1.54, 1.807) is 6.20 Å². The summed E-state index contributed by atoms with van der Waals surface area (Å²) in [5.74, 6) is 0.842. The van der Waals surface area contributed by atoms with Gasteiger partial charge in [-0.2, -0.15) is 0 Å². The highest BCUT2D eigenvalue weighted by molar-refractivity contribution is 5.90. The Morgan fingerprint density at radius 3 is 2.62 bits per heavy atom. The third-order valence-corrected chi connectivity index (χ3v) is 3.12. The highest BCUT2D eigenvalue weighted by Gasteiger charge is 2.02. The fourth-order valence-electron chi connectivity index (χ4n) is 1.92. The normalized spacial score (nSPS) is 10.1. The molecule has 0 saturated carbocycles. The summed E-state index contributed by atoms with van der Waals surface area (Å²) < 4.78 is 0. The van der Waals surface area contributed by atoms with Crippen LogP contribution in [0.2, 0.25) is 0 Å². The monoisotopic (exact) mass is 283 g/mol. The lowest BCUT2D eigenvalue weighted by Gasteiger charge is -2.08. The second-order valence-corrected chi connectivity index (χ2v) is 4.92. The van der Waals surface area contributed by atoms with Crippen LogP contribution in [0.5, 0.6) is 0 Å². The lowest BCUT2D eigenvalue weighted by atomic mass is 10.2. The molecule has 110 valence electrons. The number of unbranched alkanes of at least 4 members (excludes halogenated alkanes) is 1. The van der Waals surface area contributed by atoms with Gasteiger partial charge >= 0.3 is 0 Å². The number of hydrogen-bond acceptors (Lipinski definition) is 3. The fourth-order valence-corrected chi connectivity index (χ4v) is 1.92. The minimum Gasteiger partial charge on any atom is -0.366 e. The van der Waals surface area contributed by atoms with Crippen LogP contribution >= 0.6 is 0 Å². The van der Waals surface area contributed by atoms with Crippen LogP contribution < -0.4 is 10.6 Å². The van der Waals surface area contributed by atoms with Crippen molar-refractivity contribution in [2.24, 2.45) is 0 Å². The summed E-state index contributed by atoms with van der Waals surface area (Å²) in [6.07, 6.45) is 4.17. The van der Waals surface area contributed by atoms with Crippen molar-refractivity contribution in [3.05, 3.63) is 54.2 Å². The van der Waals surface area contributed by atoms with Crippen LogP contribution in [0.25, 0.3) is 0 Å². The summed E-state index contributed by atoms with van der Waals surface area (Å²) >= 11 is 0. The molecule has 1 amide bonds. The van der Waals surface area contributed by atoms with E-state index in [1.807, 2.05) is 30.3 Å². The first kappa shape index (κ1) is 15.0. The minimum atomic E-state index is 0.0450. The molecule has 2 rings (SSSR count). The Bertz CT molecular complexity index is 552. The van der Waals surface area contributed by atoms with E-state index in [4.69, 9.17) is 0 Å². The summed E-state index contributed by atoms with van der Waals surface area (Å²) in [5, 5.41) is 6.10. The number of nitrogens with zero attached hydrogens (tertiary/aromatic N) is 1. The van der Waals surface area contributed by atoms with E-state index >= 15 is 0 Å². The molecule has 1 heterocycles. The number of benzene rings is 1. The molecule has 0 saturated heterocycles. The van der Waals surface area contributed by atoms with Crippen molar-refractivity contribution in [2.45, 2.75) is 32.7 Å². The quantitative estimate of drug-likeness (QED) is 0.812. The van der Waals surface area contributed by atoms with Gasteiger partial charge in [-0.25, -0.2) is 4.98 Å². The number of nitrogens with one attached hydrogen (secondary N) is 2. The topological polar surface area (TPSA) is 54.0 Å². The van der Waals surface area contributed by atoms with Gasteiger partial charge in [-0.1, -0.05) is 43.7 Å². The molecule has 21 heavy (non-hydrogen) atoms. The number of hydrogen-bond donors (Lipinski definition) is 2. The van der Waals surface area contributed by atoms with Crippen molar-refractivity contribution >= 4 is 17.4 Å². The molecule has 2 N–H and O–H groups in total. The van der Waals surface area contributed by atoms with Crippen LogP contribution in [-0.2, 0) is 11.3 Å². The highest BCUT2D eigenvalue weighted by atomic mass is 16.1. The van der Waals surface area contributed by atoms with E-state index in [2.05, 4.69) is 34.7 Å². The number of aromatic nitrogens is 1. The second-order valence-electron chi connectivity index (χ2n) is 4.92. The SMILES string of the molecule is CCCCC(=O)Nc1ccc(NCc2ccccc2)nc1. The van der Waals surface area contributed by atoms with Gasteiger partial charge in [-0.15, -0.1) is 0 Å². The fraction of sp³-hybridized carbons (Fsp3) is 0.294. The van der Waals surface area contributed by atoms with Gasteiger partial charge in [0.25, 0.3) is 0 Å². The maximum Gasteiger partial charge on any atom is 0.224 e. The van der Waals surface area contributed by atoms with Gasteiger partial charge in [0, 0.05) is 13.0 Å². The molecule has 0 aliphatic carbocycles. The predicted octanol–water partition coefficient (Wildman–Crippen LogP) is 3.82. The Balaban J connectivity index is 1.83. The van der Waals surface area contributed by atoms with Crippen molar-refractivity contribution in [3.63, 3.8) is 0 Å². The maximum absolute atomic E-state index is 11.6. The van der Waals surface area contributed by atoms with E-state index in [-0.39, 0.29) is 5.91 Å². The van der Waals surface area contributed by atoms with E-state index in [0.717, 1.165) is 30.9 Å². The Kier molecular flexibility index (Phi) is 5.76. The van der Waals surface area contributed by atoms with Gasteiger partial charge in [0.05, 0.1) is 11.9 Å². The highest BCUT2D eigenvalue weighted by Crippen LogP contribution is 2.11. The minimum absolute atomic E-state index is 0.0450. The molecule has 0 unspecified atom stereocenters. The Hall–Kier alpha value is -2.36. The van der Waals surface area contributed by atoms with E-state index < -0.39 is 0 Å². The number of rotatable bonds is 7. The Labute approximate surface area is 125 Å². The van der Waals surface area contributed by atoms with Gasteiger partial charge in [-0.05, 0) is 24.1 Å². The second kappa shape index (κ2) is 8.04. The number of anilines is 2. The third kappa shape index (κ3) is 5.26. The largest absolute Gasteiger partial charge is 0.366 e. The summed E-state index contributed by atoms with van der Waals surface area (Å²) in [6, 6.07) is 13.9. The molecule has 0 aliphatic rings. The van der Waals surface area contributed by atoms with Crippen molar-refractivity contribution in [2.75, 3.05) is 10.6 Å². The van der Waals surface area contributed by atoms with Crippen LogP contribution in [0.15, 0.2) is 48.7 Å². The van der Waals surface area contributed by atoms with Crippen LogP contribution in [0.1, 0.15) is 31.7 Å². The van der Waals surface area contributed by atoms with Crippen molar-refractivity contribution < 1.29 is 4.79 Å². The lowest BCUT2D eigenvalue weighted by Crippen LogP contribution is -2.11. The van der Waals surface area contributed by atoms with Gasteiger partial charge in [0.1, 0.15) is 5.82 Å². The molecule has 2 aromatic rings. The number of carbonyl (C=O) groups excluding carboxylic acids is 1. The van der Waals surface area contributed by atoms with Gasteiger partial charge < -0.3 is 10.6 Å². The zero-order chi connectivity index (χ0) is 14.9. The van der Waals surface area contributed by atoms with E-state index in [0.29, 0.717) is 6.42 Å². The van der Waals surface area contributed by atoms with Gasteiger partial charge in [-0.3, -0.25) is 4.79 Å². The van der Waals surface area contributed by atoms with E-state index in [1.165, 1.54) is 5.56 Å². The van der Waals surface area contributed by atoms with Gasteiger partial charge in [0.2, 0.25) is 5.91 Å². The first-order chi connectivity index (χ1) is 10.3. The molecule has 0 bridgehead atoms. The number of pyridine rings is 1. The Morgan fingerprint density at radius 2 is 1.95 bits per heavy atom. The number of amides is 1. The molecule has 4 heteroatoms. The average molecular weight is 283 g/mol. The average Bonchev–Trinajstić information content (AvgIpc) is 2.53. The first-order valence-corrected chi connectivity index (χ1v) is 7.31. The smallest absolute Gasteiger partial charge is 0.224 e. The zero-order valence-corrected chi connectivity index (χ0v) is 12.3. The number of carbonyl (C=O) groups is 1. The summed E-state index contributed by atoms with van der Waals surface area (Å²) in [4.78, 5) is 15.9. The summed E-state index contributed by atoms with van der Waals surface area (Å²) in [7, 11) is 0. The molecular formula is C17H21N3O. The van der Waals surface area contributed by atoms with Crippen molar-refractivity contribution in [3.8, 4) is 0 Å².